The number of ether oxygens (including phenoxy) is 1. The molecule has 3 rings (SSSR count). The molecule has 2 saturated heterocycles. The number of hydrogen-bond acceptors (Lipinski definition) is 5. The highest BCUT2D eigenvalue weighted by atomic mass is 35.5. The Kier molecular flexibility index (Phi) is 6.29. The molecule has 0 aliphatic carbocycles. The highest BCUT2D eigenvalue weighted by Crippen LogP contribution is 2.38. The molecule has 0 unspecified atom stereocenters. The van der Waals surface area contributed by atoms with E-state index in [0.717, 1.165) is 16.4 Å². The summed E-state index contributed by atoms with van der Waals surface area (Å²) in [5.74, 6) is 0. The fourth-order valence-electron chi connectivity index (χ4n) is 3.56. The summed E-state index contributed by atoms with van der Waals surface area (Å²) in [4.78, 5) is 1.23. The third kappa shape index (κ3) is 4.80. The Morgan fingerprint density at radius 1 is 1.14 bits per heavy atom. The maximum Gasteiger partial charge on any atom is 0.417 e. The number of piperidine rings is 1. The van der Waals surface area contributed by atoms with E-state index in [9.17, 15) is 26.7 Å². The molecule has 1 aromatic carbocycles. The number of β-amino-alcohol motifs (C(OH)–C–C–N with tert-alkyl or cyclic N) is 1. The molecule has 28 heavy (non-hydrogen) atoms. The first kappa shape index (κ1) is 21.8. The van der Waals surface area contributed by atoms with Crippen molar-refractivity contribution in [2.45, 2.75) is 29.5 Å². The average Bonchev–Trinajstić information content (AvgIpc) is 2.61. The van der Waals surface area contributed by atoms with Gasteiger partial charge < -0.3 is 9.84 Å². The number of aliphatic hydroxyl groups is 1. The molecule has 2 heterocycles. The summed E-state index contributed by atoms with van der Waals surface area (Å²) in [6.45, 7) is 2.81. The molecule has 0 amide bonds. The lowest BCUT2D eigenvalue weighted by Crippen LogP contribution is -2.53. The minimum Gasteiger partial charge on any atom is -0.388 e. The van der Waals surface area contributed by atoms with Gasteiger partial charge in [0.2, 0.25) is 10.0 Å². The zero-order valence-electron chi connectivity index (χ0n) is 15.1. The van der Waals surface area contributed by atoms with Gasteiger partial charge in [-0.15, -0.1) is 0 Å². The largest absolute Gasteiger partial charge is 0.417 e. The number of benzene rings is 1. The van der Waals surface area contributed by atoms with Gasteiger partial charge in [-0.1, -0.05) is 11.6 Å². The lowest BCUT2D eigenvalue weighted by atomic mass is 9.92. The predicted octanol–water partition coefficient (Wildman–Crippen LogP) is 2.21. The monoisotopic (exact) mass is 442 g/mol. The molecular weight excluding hydrogens is 421 g/mol. The quantitative estimate of drug-likeness (QED) is 0.774. The molecule has 2 fully saturated rings. The molecular formula is C17H22ClF3N2O4S. The van der Waals surface area contributed by atoms with Crippen LogP contribution < -0.4 is 0 Å². The van der Waals surface area contributed by atoms with Crippen molar-refractivity contribution in [2.75, 3.05) is 45.9 Å². The van der Waals surface area contributed by atoms with Gasteiger partial charge in [-0.2, -0.15) is 17.5 Å². The third-order valence-electron chi connectivity index (χ3n) is 5.14. The number of alkyl halides is 3. The van der Waals surface area contributed by atoms with Gasteiger partial charge in [0.05, 0.1) is 29.3 Å². The molecule has 0 spiro atoms. The molecule has 0 saturated carbocycles. The van der Waals surface area contributed by atoms with Gasteiger partial charge in [0.1, 0.15) is 0 Å². The highest BCUT2D eigenvalue weighted by Gasteiger charge is 2.42. The molecule has 2 aliphatic rings. The molecule has 0 radical (unpaired) electrons. The minimum atomic E-state index is -4.85. The van der Waals surface area contributed by atoms with E-state index in [4.69, 9.17) is 16.3 Å². The maximum absolute atomic E-state index is 13.3. The molecule has 1 N–H and O–H groups in total. The van der Waals surface area contributed by atoms with Crippen molar-refractivity contribution in [1.82, 2.24) is 9.21 Å². The van der Waals surface area contributed by atoms with Crippen molar-refractivity contribution in [3.05, 3.63) is 28.8 Å². The topological polar surface area (TPSA) is 70.1 Å². The molecule has 0 bridgehead atoms. The predicted molar refractivity (Wildman–Crippen MR) is 96.7 cm³/mol. The van der Waals surface area contributed by atoms with E-state index in [2.05, 4.69) is 4.90 Å². The SMILES string of the molecule is O=S(=O)(c1ccc(Cl)cc1C(F)(F)F)N1CCC(O)(CN2CCOCC2)CC1. The molecule has 0 atom stereocenters. The van der Waals surface area contributed by atoms with E-state index in [-0.39, 0.29) is 31.0 Å². The number of hydrogen-bond donors (Lipinski definition) is 1. The van der Waals surface area contributed by atoms with Crippen LogP contribution in [-0.4, -0.2) is 74.3 Å². The molecule has 2 aliphatic heterocycles. The number of sulfonamides is 1. The second kappa shape index (κ2) is 8.08. The Morgan fingerprint density at radius 3 is 2.32 bits per heavy atom. The molecule has 0 aromatic heterocycles. The van der Waals surface area contributed by atoms with E-state index in [0.29, 0.717) is 38.9 Å². The van der Waals surface area contributed by atoms with Crippen LogP contribution in [0.15, 0.2) is 23.1 Å². The van der Waals surface area contributed by atoms with E-state index in [1.54, 1.807) is 0 Å². The fourth-order valence-corrected chi connectivity index (χ4v) is 5.37. The first-order valence-corrected chi connectivity index (χ1v) is 10.7. The lowest BCUT2D eigenvalue weighted by Gasteiger charge is -2.41. The van der Waals surface area contributed by atoms with Gasteiger partial charge in [0.25, 0.3) is 0 Å². The van der Waals surface area contributed by atoms with Crippen LogP contribution in [0.4, 0.5) is 13.2 Å². The van der Waals surface area contributed by atoms with Crippen LogP contribution in [0.25, 0.3) is 0 Å². The van der Waals surface area contributed by atoms with Crippen molar-refractivity contribution in [3.63, 3.8) is 0 Å². The van der Waals surface area contributed by atoms with Gasteiger partial charge in [-0.05, 0) is 31.0 Å². The van der Waals surface area contributed by atoms with Crippen LogP contribution in [0.3, 0.4) is 0 Å². The fraction of sp³-hybridized carbons (Fsp3) is 0.647. The van der Waals surface area contributed by atoms with Crippen molar-refractivity contribution in [1.29, 1.82) is 0 Å². The summed E-state index contributed by atoms with van der Waals surface area (Å²) in [6, 6.07) is 2.63. The summed E-state index contributed by atoms with van der Waals surface area (Å²) < 4.78 is 71.9. The number of rotatable bonds is 4. The Hall–Kier alpha value is -0.910. The van der Waals surface area contributed by atoms with Crippen molar-refractivity contribution >= 4 is 21.6 Å². The first-order valence-electron chi connectivity index (χ1n) is 8.91. The van der Waals surface area contributed by atoms with Gasteiger partial charge in [-0.25, -0.2) is 8.42 Å². The van der Waals surface area contributed by atoms with Crippen LogP contribution >= 0.6 is 11.6 Å². The Morgan fingerprint density at radius 2 is 1.75 bits per heavy atom. The smallest absolute Gasteiger partial charge is 0.388 e. The summed E-state index contributed by atoms with van der Waals surface area (Å²) in [5.41, 5.74) is -2.36. The zero-order chi connectivity index (χ0) is 20.6. The van der Waals surface area contributed by atoms with Crippen molar-refractivity contribution < 1.29 is 31.4 Å². The first-order chi connectivity index (χ1) is 13.0. The van der Waals surface area contributed by atoms with Gasteiger partial charge in [-0.3, -0.25) is 4.90 Å². The summed E-state index contributed by atoms with van der Waals surface area (Å²) in [7, 11) is -4.37. The summed E-state index contributed by atoms with van der Waals surface area (Å²) in [5, 5.41) is 10.6. The van der Waals surface area contributed by atoms with E-state index in [1.807, 2.05) is 0 Å². The number of morpholine rings is 1. The highest BCUT2D eigenvalue weighted by molar-refractivity contribution is 7.89. The third-order valence-corrected chi connectivity index (χ3v) is 7.33. The zero-order valence-corrected chi connectivity index (χ0v) is 16.7. The second-order valence-electron chi connectivity index (χ2n) is 7.16. The van der Waals surface area contributed by atoms with Crippen molar-refractivity contribution in [3.8, 4) is 0 Å². The molecule has 11 heteroatoms. The Balaban J connectivity index is 1.75. The molecule has 158 valence electrons. The lowest BCUT2D eigenvalue weighted by molar-refractivity contribution is -0.140. The second-order valence-corrected chi connectivity index (χ2v) is 9.50. The van der Waals surface area contributed by atoms with Crippen LogP contribution in [-0.2, 0) is 20.9 Å². The Bertz CT molecular complexity index is 805. The standard InChI is InChI=1S/C17H22ClF3N2O4S/c18-13-1-2-15(14(11-13)17(19,20)21)28(25,26)23-5-3-16(24,4-6-23)12-22-7-9-27-10-8-22/h1-2,11,24H,3-10,12H2. The minimum absolute atomic E-state index is 0.0525. The van der Waals surface area contributed by atoms with E-state index in [1.165, 1.54) is 0 Å². The average molecular weight is 443 g/mol. The maximum atomic E-state index is 13.3. The summed E-state index contributed by atoms with van der Waals surface area (Å²) >= 11 is 5.63. The van der Waals surface area contributed by atoms with Crippen LogP contribution in [0.5, 0.6) is 0 Å². The number of nitrogens with zero attached hydrogens (tertiary/aromatic N) is 2. The number of halogens is 4. The van der Waals surface area contributed by atoms with Gasteiger partial charge >= 0.3 is 6.18 Å². The summed E-state index contributed by atoms with van der Waals surface area (Å²) in [6.07, 6.45) is -4.54. The van der Waals surface area contributed by atoms with Crippen LogP contribution in [0, 0.1) is 0 Å². The Labute approximate surface area is 166 Å². The van der Waals surface area contributed by atoms with Gasteiger partial charge in [0, 0.05) is 37.7 Å². The normalized spacial score (nSPS) is 22.3. The van der Waals surface area contributed by atoms with E-state index < -0.39 is 32.3 Å². The van der Waals surface area contributed by atoms with Gasteiger partial charge in [0.15, 0.2) is 0 Å². The van der Waals surface area contributed by atoms with Crippen molar-refractivity contribution in [2.24, 2.45) is 0 Å². The molecule has 1 aromatic rings. The van der Waals surface area contributed by atoms with Crippen LogP contribution in [0.2, 0.25) is 5.02 Å². The van der Waals surface area contributed by atoms with E-state index >= 15 is 0 Å². The van der Waals surface area contributed by atoms with Crippen LogP contribution in [0.1, 0.15) is 18.4 Å². The molecule has 6 nitrogen and oxygen atoms in total.